The van der Waals surface area contributed by atoms with E-state index in [1.54, 1.807) is 17.7 Å². The van der Waals surface area contributed by atoms with Gasteiger partial charge in [-0.25, -0.2) is 14.8 Å². The molecule has 0 radical (unpaired) electrons. The van der Waals surface area contributed by atoms with E-state index in [4.69, 9.17) is 0 Å². The van der Waals surface area contributed by atoms with Gasteiger partial charge in [-0.2, -0.15) is 0 Å². The van der Waals surface area contributed by atoms with Gasteiger partial charge in [0, 0.05) is 31.6 Å². The minimum atomic E-state index is -0.945. The minimum absolute atomic E-state index is 0.0519. The number of fused-ring (bicyclic) bond motifs is 1. The molecule has 0 saturated carbocycles. The lowest BCUT2D eigenvalue weighted by Crippen LogP contribution is -2.52. The lowest BCUT2D eigenvalue weighted by molar-refractivity contribution is -0.140. The summed E-state index contributed by atoms with van der Waals surface area (Å²) in [5.74, 6) is 0.0268. The molecule has 1 aromatic carbocycles. The van der Waals surface area contributed by atoms with E-state index in [1.165, 1.54) is 0 Å². The molecule has 0 aliphatic carbocycles. The van der Waals surface area contributed by atoms with E-state index < -0.39 is 11.4 Å². The van der Waals surface area contributed by atoms with E-state index in [2.05, 4.69) is 14.9 Å². The van der Waals surface area contributed by atoms with Crippen molar-refractivity contribution < 1.29 is 14.7 Å². The van der Waals surface area contributed by atoms with Gasteiger partial charge < -0.3 is 14.9 Å². The second-order valence-corrected chi connectivity index (χ2v) is 9.99. The number of aromatic carboxylic acids is 1. The fraction of sp³-hybridized carbons (Fsp3) is 0.417. The number of aromatic nitrogens is 2. The lowest BCUT2D eigenvalue weighted by atomic mass is 9.81. The minimum Gasteiger partial charge on any atom is -0.478 e. The van der Waals surface area contributed by atoms with Crippen LogP contribution in [0.5, 0.6) is 0 Å². The van der Waals surface area contributed by atoms with Gasteiger partial charge in [-0.3, -0.25) is 4.79 Å². The zero-order valence-corrected chi connectivity index (χ0v) is 19.7. The first-order valence-corrected chi connectivity index (χ1v) is 11.6. The topological polar surface area (TPSA) is 86.6 Å². The first kappa shape index (κ1) is 22.2. The van der Waals surface area contributed by atoms with E-state index in [9.17, 15) is 14.7 Å². The number of carboxylic acid groups (broad SMARTS) is 1. The maximum absolute atomic E-state index is 13.4. The first-order valence-electron chi connectivity index (χ1n) is 10.7. The van der Waals surface area contributed by atoms with Crippen LogP contribution in [0.15, 0.2) is 29.9 Å². The molecule has 1 aliphatic heterocycles. The molecule has 0 unspecified atom stereocenters. The van der Waals surface area contributed by atoms with Gasteiger partial charge in [-0.15, -0.1) is 11.3 Å². The molecule has 7 nitrogen and oxygen atoms in total. The summed E-state index contributed by atoms with van der Waals surface area (Å²) in [6.45, 7) is 10.2. The van der Waals surface area contributed by atoms with Gasteiger partial charge in [0.15, 0.2) is 0 Å². The zero-order valence-electron chi connectivity index (χ0n) is 18.9. The molecular weight excluding hydrogens is 424 g/mol. The Kier molecular flexibility index (Phi) is 5.90. The van der Waals surface area contributed by atoms with Crippen LogP contribution in [0.3, 0.4) is 0 Å². The number of carboxylic acids is 1. The molecular formula is C24H28N4O3S. The predicted octanol–water partition coefficient (Wildman–Crippen LogP) is 3.92. The molecule has 168 valence electrons. The Balaban J connectivity index is 1.48. The summed E-state index contributed by atoms with van der Waals surface area (Å²) in [5.41, 5.74) is 2.05. The Morgan fingerprint density at radius 3 is 2.53 bits per heavy atom. The van der Waals surface area contributed by atoms with Crippen LogP contribution in [-0.2, 0) is 11.2 Å². The van der Waals surface area contributed by atoms with Gasteiger partial charge in [-0.05, 0) is 42.8 Å². The SMILES string of the molecule is Cc1cc(C)c(C(=O)O)c(CC(C)(C)C(=O)N2CCN(c3ncnc4sccc34)CC2)c1. The molecule has 3 heterocycles. The van der Waals surface area contributed by atoms with Crippen LogP contribution < -0.4 is 4.90 Å². The van der Waals surface area contributed by atoms with Crippen LogP contribution in [0.4, 0.5) is 5.82 Å². The van der Waals surface area contributed by atoms with Crippen LogP contribution in [0.25, 0.3) is 10.2 Å². The summed E-state index contributed by atoms with van der Waals surface area (Å²) in [6, 6.07) is 5.81. The number of aryl methyl sites for hydroxylation is 2. The molecule has 1 aliphatic rings. The second-order valence-electron chi connectivity index (χ2n) is 9.10. The van der Waals surface area contributed by atoms with Crippen molar-refractivity contribution in [2.45, 2.75) is 34.1 Å². The van der Waals surface area contributed by atoms with E-state index in [1.807, 2.05) is 56.2 Å². The molecule has 0 atom stereocenters. The maximum Gasteiger partial charge on any atom is 0.336 e. The molecule has 0 spiro atoms. The van der Waals surface area contributed by atoms with E-state index >= 15 is 0 Å². The van der Waals surface area contributed by atoms with Gasteiger partial charge in [0.1, 0.15) is 17.0 Å². The lowest BCUT2D eigenvalue weighted by Gasteiger charge is -2.39. The van der Waals surface area contributed by atoms with E-state index in [0.29, 0.717) is 43.7 Å². The average molecular weight is 453 g/mol. The number of anilines is 1. The number of carbonyl (C=O) groups excluding carboxylic acids is 1. The fourth-order valence-corrected chi connectivity index (χ4v) is 5.36. The molecule has 1 amide bonds. The highest BCUT2D eigenvalue weighted by molar-refractivity contribution is 7.16. The van der Waals surface area contributed by atoms with E-state index in [-0.39, 0.29) is 5.91 Å². The number of thiophene rings is 1. The van der Waals surface area contributed by atoms with Crippen molar-refractivity contribution in [3.63, 3.8) is 0 Å². The fourth-order valence-electron chi connectivity index (χ4n) is 4.63. The molecule has 8 heteroatoms. The smallest absolute Gasteiger partial charge is 0.336 e. The summed E-state index contributed by atoms with van der Waals surface area (Å²) in [7, 11) is 0. The van der Waals surface area contributed by atoms with Crippen molar-refractivity contribution >= 4 is 39.2 Å². The molecule has 32 heavy (non-hydrogen) atoms. The van der Waals surface area contributed by atoms with Gasteiger partial charge in [0.25, 0.3) is 0 Å². The number of amides is 1. The predicted molar refractivity (Wildman–Crippen MR) is 127 cm³/mol. The van der Waals surface area contributed by atoms with Gasteiger partial charge in [0.2, 0.25) is 5.91 Å². The number of hydrogen-bond acceptors (Lipinski definition) is 6. The summed E-state index contributed by atoms with van der Waals surface area (Å²) in [4.78, 5) is 39.1. The molecule has 4 rings (SSSR count). The molecule has 3 aromatic rings. The number of carbonyl (C=O) groups is 2. The molecule has 2 aromatic heterocycles. The van der Waals surface area contributed by atoms with Gasteiger partial charge in [-0.1, -0.05) is 31.5 Å². The highest BCUT2D eigenvalue weighted by atomic mass is 32.1. The Labute approximate surface area is 191 Å². The Hall–Kier alpha value is -3.00. The van der Waals surface area contributed by atoms with Crippen molar-refractivity contribution in [3.8, 4) is 0 Å². The Morgan fingerprint density at radius 1 is 1.12 bits per heavy atom. The Bertz CT molecular complexity index is 1180. The van der Waals surface area contributed by atoms with Crippen molar-refractivity contribution in [3.05, 3.63) is 52.2 Å². The van der Waals surface area contributed by atoms with Crippen LogP contribution in [0.1, 0.15) is 40.9 Å². The zero-order chi connectivity index (χ0) is 23.0. The van der Waals surface area contributed by atoms with Crippen LogP contribution >= 0.6 is 11.3 Å². The van der Waals surface area contributed by atoms with E-state index in [0.717, 1.165) is 27.2 Å². The number of piperazine rings is 1. The first-order chi connectivity index (χ1) is 15.2. The Morgan fingerprint density at radius 2 is 1.84 bits per heavy atom. The third kappa shape index (κ3) is 4.19. The summed E-state index contributed by atoms with van der Waals surface area (Å²) < 4.78 is 0. The number of hydrogen-bond donors (Lipinski definition) is 1. The number of benzene rings is 1. The summed E-state index contributed by atoms with van der Waals surface area (Å²) in [6.07, 6.45) is 1.98. The average Bonchev–Trinajstić information content (AvgIpc) is 3.21. The van der Waals surface area contributed by atoms with Crippen molar-refractivity contribution in [1.29, 1.82) is 0 Å². The van der Waals surface area contributed by atoms with Gasteiger partial charge in [0.05, 0.1) is 10.9 Å². The highest BCUT2D eigenvalue weighted by Gasteiger charge is 2.35. The van der Waals surface area contributed by atoms with Crippen LogP contribution in [0.2, 0.25) is 0 Å². The van der Waals surface area contributed by atoms with Crippen LogP contribution in [0, 0.1) is 19.3 Å². The third-order valence-corrected chi connectivity index (χ3v) is 6.91. The normalized spacial score (nSPS) is 14.8. The monoisotopic (exact) mass is 452 g/mol. The molecule has 0 bridgehead atoms. The molecule has 1 saturated heterocycles. The second kappa shape index (κ2) is 8.50. The largest absolute Gasteiger partial charge is 0.478 e. The van der Waals surface area contributed by atoms with Crippen molar-refractivity contribution in [2.24, 2.45) is 5.41 Å². The number of nitrogens with zero attached hydrogens (tertiary/aromatic N) is 4. The maximum atomic E-state index is 13.4. The standard InChI is InChI=1S/C24H28N4O3S/c1-15-11-16(2)19(22(29)30)17(12-15)13-24(3,4)23(31)28-8-6-27(7-9-28)20-18-5-10-32-21(18)26-14-25-20/h5,10-12,14H,6-9,13H2,1-4H3,(H,29,30). The van der Waals surface area contributed by atoms with Crippen LogP contribution in [-0.4, -0.2) is 58.0 Å². The highest BCUT2D eigenvalue weighted by Crippen LogP contribution is 2.31. The molecule has 1 fully saturated rings. The summed E-state index contributed by atoms with van der Waals surface area (Å²) >= 11 is 1.60. The van der Waals surface area contributed by atoms with Gasteiger partial charge >= 0.3 is 5.97 Å². The quantitative estimate of drug-likeness (QED) is 0.631. The number of rotatable bonds is 5. The van der Waals surface area contributed by atoms with Crippen molar-refractivity contribution in [2.75, 3.05) is 31.1 Å². The van der Waals surface area contributed by atoms with Crippen molar-refractivity contribution in [1.82, 2.24) is 14.9 Å². The molecule has 1 N–H and O–H groups in total. The third-order valence-electron chi connectivity index (χ3n) is 6.09. The summed E-state index contributed by atoms with van der Waals surface area (Å²) in [5, 5.41) is 12.8.